The summed E-state index contributed by atoms with van der Waals surface area (Å²) < 4.78 is 0. The molecule has 18 heavy (non-hydrogen) atoms. The summed E-state index contributed by atoms with van der Waals surface area (Å²) >= 11 is 1.26. The lowest BCUT2D eigenvalue weighted by Crippen LogP contribution is -2.34. The lowest BCUT2D eigenvalue weighted by molar-refractivity contribution is -0.128. The molecule has 0 aromatic heterocycles. The number of carboxylic acids is 1. The van der Waals surface area contributed by atoms with Crippen LogP contribution in [0.15, 0.2) is 29.2 Å². The Morgan fingerprint density at radius 2 is 1.94 bits per heavy atom. The predicted octanol–water partition coefficient (Wildman–Crippen LogP) is 2.34. The first kappa shape index (κ1) is 14.6. The molecule has 0 saturated heterocycles. The topological polar surface area (TPSA) is 57.6 Å². The highest BCUT2D eigenvalue weighted by Gasteiger charge is 2.14. The largest absolute Gasteiger partial charge is 0.478 e. The third-order valence-corrected chi connectivity index (χ3v) is 3.69. The van der Waals surface area contributed by atoms with Gasteiger partial charge >= 0.3 is 5.97 Å². The second-order valence-electron chi connectivity index (χ2n) is 4.19. The van der Waals surface area contributed by atoms with Crippen molar-refractivity contribution in [2.24, 2.45) is 0 Å². The second-order valence-corrected chi connectivity index (χ2v) is 5.21. The quantitative estimate of drug-likeness (QED) is 0.832. The Morgan fingerprint density at radius 1 is 1.33 bits per heavy atom. The molecule has 1 amide bonds. The van der Waals surface area contributed by atoms with Crippen LogP contribution in [-0.4, -0.2) is 40.7 Å². The Balaban J connectivity index is 2.70. The summed E-state index contributed by atoms with van der Waals surface area (Å²) in [5.74, 6) is -0.725. The van der Waals surface area contributed by atoms with E-state index in [1.54, 1.807) is 36.2 Å². The molecule has 0 aliphatic carbocycles. The predicted molar refractivity (Wildman–Crippen MR) is 72.0 cm³/mol. The van der Waals surface area contributed by atoms with Gasteiger partial charge in [0.05, 0.1) is 11.3 Å². The van der Waals surface area contributed by atoms with Crippen molar-refractivity contribution in [3.8, 4) is 0 Å². The first-order valence-corrected chi connectivity index (χ1v) is 6.62. The number of carbonyl (C=O) groups excluding carboxylic acids is 1. The molecule has 1 aromatic carbocycles. The number of amides is 1. The minimum absolute atomic E-state index is 0.00445. The third-order valence-electron chi connectivity index (χ3n) is 2.64. The molecule has 0 aliphatic rings. The van der Waals surface area contributed by atoms with Crippen LogP contribution in [0.2, 0.25) is 0 Å². The first-order valence-electron chi connectivity index (χ1n) is 5.64. The van der Waals surface area contributed by atoms with Crippen LogP contribution >= 0.6 is 11.8 Å². The van der Waals surface area contributed by atoms with E-state index in [1.165, 1.54) is 11.8 Å². The number of nitrogens with zero attached hydrogens (tertiary/aromatic N) is 1. The van der Waals surface area contributed by atoms with Gasteiger partial charge in [0.25, 0.3) is 0 Å². The summed E-state index contributed by atoms with van der Waals surface area (Å²) in [6, 6.07) is 6.85. The van der Waals surface area contributed by atoms with E-state index >= 15 is 0 Å². The van der Waals surface area contributed by atoms with Crippen molar-refractivity contribution in [2.75, 3.05) is 12.8 Å². The monoisotopic (exact) mass is 267 g/mol. The van der Waals surface area contributed by atoms with Gasteiger partial charge in [0.1, 0.15) is 0 Å². The Morgan fingerprint density at radius 3 is 2.50 bits per heavy atom. The fourth-order valence-corrected chi connectivity index (χ4v) is 2.27. The minimum atomic E-state index is -0.970. The van der Waals surface area contributed by atoms with E-state index in [9.17, 15) is 9.59 Å². The number of rotatable bonds is 5. The molecule has 1 aromatic rings. The molecule has 1 N–H and O–H groups in total. The van der Waals surface area contributed by atoms with Gasteiger partial charge in [-0.1, -0.05) is 12.1 Å². The Hall–Kier alpha value is -1.49. The number of carboxylic acid groups (broad SMARTS) is 1. The molecule has 0 aliphatic heterocycles. The van der Waals surface area contributed by atoms with Gasteiger partial charge in [-0.05, 0) is 26.0 Å². The minimum Gasteiger partial charge on any atom is -0.478 e. The Bertz CT molecular complexity index is 446. The average molecular weight is 267 g/mol. The van der Waals surface area contributed by atoms with Crippen molar-refractivity contribution in [3.63, 3.8) is 0 Å². The van der Waals surface area contributed by atoms with Gasteiger partial charge in [-0.25, -0.2) is 4.79 Å². The smallest absolute Gasteiger partial charge is 0.336 e. The zero-order valence-electron chi connectivity index (χ0n) is 10.7. The van der Waals surface area contributed by atoms with E-state index in [4.69, 9.17) is 5.11 Å². The fourth-order valence-electron chi connectivity index (χ4n) is 1.30. The van der Waals surface area contributed by atoms with Gasteiger partial charge in [-0.15, -0.1) is 11.8 Å². The molecule has 0 spiro atoms. The van der Waals surface area contributed by atoms with Gasteiger partial charge in [-0.3, -0.25) is 4.79 Å². The van der Waals surface area contributed by atoms with E-state index in [2.05, 4.69) is 0 Å². The maximum atomic E-state index is 11.8. The molecule has 0 bridgehead atoms. The highest BCUT2D eigenvalue weighted by atomic mass is 32.2. The lowest BCUT2D eigenvalue weighted by atomic mass is 10.2. The van der Waals surface area contributed by atoms with E-state index < -0.39 is 5.97 Å². The van der Waals surface area contributed by atoms with E-state index in [0.29, 0.717) is 4.90 Å². The van der Waals surface area contributed by atoms with E-state index in [-0.39, 0.29) is 23.3 Å². The molecule has 0 saturated carbocycles. The fraction of sp³-hybridized carbons (Fsp3) is 0.385. The standard InChI is InChI=1S/C13H17NO3S/c1-9(2)14(3)12(15)8-18-11-7-5-4-6-10(11)13(16)17/h4-7,9H,8H2,1-3H3,(H,16,17). The molecule has 0 unspecified atom stereocenters. The normalized spacial score (nSPS) is 10.4. The van der Waals surface area contributed by atoms with Crippen LogP contribution in [0.4, 0.5) is 0 Å². The highest BCUT2D eigenvalue weighted by Crippen LogP contribution is 2.23. The zero-order valence-corrected chi connectivity index (χ0v) is 11.5. The summed E-state index contributed by atoms with van der Waals surface area (Å²) in [6.07, 6.45) is 0. The van der Waals surface area contributed by atoms with Crippen LogP contribution in [0.1, 0.15) is 24.2 Å². The summed E-state index contributed by atoms with van der Waals surface area (Å²) in [7, 11) is 1.75. The van der Waals surface area contributed by atoms with Gasteiger partial charge in [0.15, 0.2) is 0 Å². The molecule has 4 nitrogen and oxygen atoms in total. The number of carbonyl (C=O) groups is 2. The SMILES string of the molecule is CC(C)N(C)C(=O)CSc1ccccc1C(=O)O. The number of aromatic carboxylic acids is 1. The van der Waals surface area contributed by atoms with Crippen molar-refractivity contribution < 1.29 is 14.7 Å². The van der Waals surface area contributed by atoms with Gasteiger partial charge in [0.2, 0.25) is 5.91 Å². The van der Waals surface area contributed by atoms with Crippen molar-refractivity contribution in [1.29, 1.82) is 0 Å². The molecule has 0 radical (unpaired) electrons. The maximum Gasteiger partial charge on any atom is 0.336 e. The van der Waals surface area contributed by atoms with Crippen LogP contribution in [0.5, 0.6) is 0 Å². The molecular formula is C13H17NO3S. The maximum absolute atomic E-state index is 11.8. The number of benzene rings is 1. The van der Waals surface area contributed by atoms with Gasteiger partial charge in [0, 0.05) is 18.0 Å². The van der Waals surface area contributed by atoms with Crippen LogP contribution < -0.4 is 0 Å². The molecule has 0 fully saturated rings. The van der Waals surface area contributed by atoms with Crippen molar-refractivity contribution >= 4 is 23.6 Å². The number of hydrogen-bond donors (Lipinski definition) is 1. The highest BCUT2D eigenvalue weighted by molar-refractivity contribution is 8.00. The van der Waals surface area contributed by atoms with Crippen LogP contribution in [-0.2, 0) is 4.79 Å². The molecule has 1 rings (SSSR count). The van der Waals surface area contributed by atoms with Crippen LogP contribution in [0, 0.1) is 0 Å². The molecule has 0 heterocycles. The van der Waals surface area contributed by atoms with E-state index in [1.807, 2.05) is 13.8 Å². The summed E-state index contributed by atoms with van der Waals surface area (Å²) in [6.45, 7) is 3.88. The third kappa shape index (κ3) is 3.77. The van der Waals surface area contributed by atoms with Crippen molar-refractivity contribution in [1.82, 2.24) is 4.90 Å². The van der Waals surface area contributed by atoms with Gasteiger partial charge < -0.3 is 10.0 Å². The Kier molecular flexibility index (Phi) is 5.22. The summed E-state index contributed by atoms with van der Waals surface area (Å²) in [5, 5.41) is 9.02. The summed E-state index contributed by atoms with van der Waals surface area (Å²) in [5.41, 5.74) is 0.238. The summed E-state index contributed by atoms with van der Waals surface area (Å²) in [4.78, 5) is 25.1. The molecule has 98 valence electrons. The molecular weight excluding hydrogens is 250 g/mol. The zero-order chi connectivity index (χ0) is 13.7. The Labute approximate surface area is 111 Å². The first-order chi connectivity index (χ1) is 8.43. The van der Waals surface area contributed by atoms with Gasteiger partial charge in [-0.2, -0.15) is 0 Å². The van der Waals surface area contributed by atoms with Crippen LogP contribution in [0.3, 0.4) is 0 Å². The lowest BCUT2D eigenvalue weighted by Gasteiger charge is -2.21. The van der Waals surface area contributed by atoms with Crippen LogP contribution in [0.25, 0.3) is 0 Å². The number of hydrogen-bond acceptors (Lipinski definition) is 3. The van der Waals surface area contributed by atoms with Crippen molar-refractivity contribution in [3.05, 3.63) is 29.8 Å². The molecule has 0 atom stereocenters. The number of thioether (sulfide) groups is 1. The average Bonchev–Trinajstić information content (AvgIpc) is 2.35. The van der Waals surface area contributed by atoms with Crippen molar-refractivity contribution in [2.45, 2.75) is 24.8 Å². The second kappa shape index (κ2) is 6.44. The van der Waals surface area contributed by atoms with E-state index in [0.717, 1.165) is 0 Å². The molecule has 5 heteroatoms.